The molecule has 0 heterocycles. The Bertz CT molecular complexity index is 438. The van der Waals surface area contributed by atoms with E-state index < -0.39 is 0 Å². The van der Waals surface area contributed by atoms with Crippen molar-refractivity contribution in [2.45, 2.75) is 45.2 Å². The van der Waals surface area contributed by atoms with E-state index in [4.69, 9.17) is 17.3 Å². The maximum atomic E-state index is 9.50. The third-order valence-electron chi connectivity index (χ3n) is 4.44. The zero-order valence-electron chi connectivity index (χ0n) is 12.2. The second-order valence-electron chi connectivity index (χ2n) is 5.70. The summed E-state index contributed by atoms with van der Waals surface area (Å²) in [6.45, 7) is 4.86. The molecule has 0 amide bonds. The first-order valence-corrected chi connectivity index (χ1v) is 7.95. The smallest absolute Gasteiger partial charge is 0.134 e. The van der Waals surface area contributed by atoms with Crippen LogP contribution in [0, 0.1) is 5.92 Å². The molecule has 0 bridgehead atoms. The van der Waals surface area contributed by atoms with Crippen LogP contribution in [0.1, 0.15) is 38.2 Å². The van der Waals surface area contributed by atoms with E-state index in [1.165, 1.54) is 25.7 Å². The molecule has 1 fully saturated rings. The SMILES string of the molecule is CCN(Cc1ccc(O)c(Cl)c1)C1CCCCC1CN. The van der Waals surface area contributed by atoms with E-state index in [1.54, 1.807) is 6.07 Å². The van der Waals surface area contributed by atoms with Crippen LogP contribution in [0.4, 0.5) is 0 Å². The Labute approximate surface area is 126 Å². The van der Waals surface area contributed by atoms with Crippen molar-refractivity contribution in [3.8, 4) is 5.75 Å². The minimum absolute atomic E-state index is 0.149. The molecule has 1 aliphatic carbocycles. The highest BCUT2D eigenvalue weighted by atomic mass is 35.5. The highest BCUT2D eigenvalue weighted by Crippen LogP contribution is 2.30. The molecule has 20 heavy (non-hydrogen) atoms. The zero-order valence-corrected chi connectivity index (χ0v) is 12.9. The number of aromatic hydroxyl groups is 1. The lowest BCUT2D eigenvalue weighted by molar-refractivity contribution is 0.105. The second kappa shape index (κ2) is 7.30. The maximum absolute atomic E-state index is 9.50. The van der Waals surface area contributed by atoms with Crippen LogP contribution in [0.15, 0.2) is 18.2 Å². The molecule has 112 valence electrons. The van der Waals surface area contributed by atoms with Gasteiger partial charge in [-0.1, -0.05) is 37.4 Å². The number of phenols is 1. The van der Waals surface area contributed by atoms with E-state index in [0.29, 0.717) is 17.0 Å². The Morgan fingerprint density at radius 3 is 2.75 bits per heavy atom. The van der Waals surface area contributed by atoms with Crippen molar-refractivity contribution in [3.05, 3.63) is 28.8 Å². The van der Waals surface area contributed by atoms with E-state index in [2.05, 4.69) is 11.8 Å². The quantitative estimate of drug-likeness (QED) is 0.876. The molecule has 1 saturated carbocycles. The van der Waals surface area contributed by atoms with Gasteiger partial charge in [0.2, 0.25) is 0 Å². The Morgan fingerprint density at radius 1 is 1.35 bits per heavy atom. The van der Waals surface area contributed by atoms with Crippen molar-refractivity contribution in [2.75, 3.05) is 13.1 Å². The zero-order chi connectivity index (χ0) is 14.5. The minimum Gasteiger partial charge on any atom is -0.506 e. The summed E-state index contributed by atoms with van der Waals surface area (Å²) >= 11 is 5.99. The van der Waals surface area contributed by atoms with Crippen LogP contribution >= 0.6 is 11.6 Å². The summed E-state index contributed by atoms with van der Waals surface area (Å²) in [5.41, 5.74) is 7.09. The van der Waals surface area contributed by atoms with Gasteiger partial charge in [0.1, 0.15) is 5.75 Å². The van der Waals surface area contributed by atoms with Gasteiger partial charge in [0, 0.05) is 12.6 Å². The Morgan fingerprint density at radius 2 is 2.10 bits per heavy atom. The number of hydrogen-bond donors (Lipinski definition) is 2. The molecule has 0 aromatic heterocycles. The maximum Gasteiger partial charge on any atom is 0.134 e. The summed E-state index contributed by atoms with van der Waals surface area (Å²) in [4.78, 5) is 2.50. The summed E-state index contributed by atoms with van der Waals surface area (Å²) in [5.74, 6) is 0.757. The molecule has 2 atom stereocenters. The number of halogens is 1. The van der Waals surface area contributed by atoms with E-state index in [-0.39, 0.29) is 5.75 Å². The van der Waals surface area contributed by atoms with Crippen molar-refractivity contribution < 1.29 is 5.11 Å². The highest BCUT2D eigenvalue weighted by Gasteiger charge is 2.28. The average Bonchev–Trinajstić information content (AvgIpc) is 2.48. The standard InChI is InChI=1S/C16H25ClN2O/c1-2-19(15-6-4-3-5-13(15)10-18)11-12-7-8-16(20)14(17)9-12/h7-9,13,15,20H,2-6,10-11,18H2,1H3. The molecule has 4 heteroatoms. The van der Waals surface area contributed by atoms with E-state index in [9.17, 15) is 5.11 Å². The first-order chi connectivity index (χ1) is 9.65. The first kappa shape index (κ1) is 15.6. The van der Waals surface area contributed by atoms with Crippen molar-refractivity contribution in [3.63, 3.8) is 0 Å². The summed E-state index contributed by atoms with van der Waals surface area (Å²) in [6, 6.07) is 6.06. The monoisotopic (exact) mass is 296 g/mol. The van der Waals surface area contributed by atoms with Crippen LogP contribution in [0.25, 0.3) is 0 Å². The summed E-state index contributed by atoms with van der Waals surface area (Å²) in [6.07, 6.45) is 5.09. The van der Waals surface area contributed by atoms with Gasteiger partial charge in [0.25, 0.3) is 0 Å². The van der Waals surface area contributed by atoms with Crippen molar-refractivity contribution in [2.24, 2.45) is 11.7 Å². The van der Waals surface area contributed by atoms with Gasteiger partial charge < -0.3 is 10.8 Å². The number of hydrogen-bond acceptors (Lipinski definition) is 3. The van der Waals surface area contributed by atoms with E-state index >= 15 is 0 Å². The van der Waals surface area contributed by atoms with Gasteiger partial charge in [-0.2, -0.15) is 0 Å². The predicted molar refractivity (Wildman–Crippen MR) is 84.0 cm³/mol. The lowest BCUT2D eigenvalue weighted by atomic mass is 9.83. The van der Waals surface area contributed by atoms with Crippen LogP contribution in [0.5, 0.6) is 5.75 Å². The minimum atomic E-state index is 0.149. The number of benzene rings is 1. The van der Waals surface area contributed by atoms with Crippen LogP contribution in [0.2, 0.25) is 5.02 Å². The van der Waals surface area contributed by atoms with Gasteiger partial charge >= 0.3 is 0 Å². The molecular weight excluding hydrogens is 272 g/mol. The van der Waals surface area contributed by atoms with Crippen molar-refractivity contribution in [1.82, 2.24) is 4.90 Å². The lowest BCUT2D eigenvalue weighted by Gasteiger charge is -2.39. The highest BCUT2D eigenvalue weighted by molar-refractivity contribution is 6.32. The molecule has 0 aliphatic heterocycles. The second-order valence-corrected chi connectivity index (χ2v) is 6.10. The molecule has 1 aromatic rings. The van der Waals surface area contributed by atoms with Crippen LogP contribution in [-0.4, -0.2) is 29.1 Å². The van der Waals surface area contributed by atoms with Crippen LogP contribution in [0.3, 0.4) is 0 Å². The lowest BCUT2D eigenvalue weighted by Crippen LogP contribution is -2.44. The number of nitrogens with zero attached hydrogens (tertiary/aromatic N) is 1. The van der Waals surface area contributed by atoms with E-state index in [1.807, 2.05) is 12.1 Å². The molecule has 1 aliphatic rings. The Hall–Kier alpha value is -0.770. The van der Waals surface area contributed by atoms with Crippen molar-refractivity contribution in [1.29, 1.82) is 0 Å². The Kier molecular flexibility index (Phi) is 5.70. The number of rotatable bonds is 5. The normalized spacial score (nSPS) is 23.2. The fraction of sp³-hybridized carbons (Fsp3) is 0.625. The number of nitrogens with two attached hydrogens (primary N) is 1. The molecule has 0 spiro atoms. The fourth-order valence-electron chi connectivity index (χ4n) is 3.29. The Balaban J connectivity index is 2.09. The molecule has 2 rings (SSSR count). The summed E-state index contributed by atoms with van der Waals surface area (Å²) < 4.78 is 0. The first-order valence-electron chi connectivity index (χ1n) is 7.57. The fourth-order valence-corrected chi connectivity index (χ4v) is 3.49. The third kappa shape index (κ3) is 3.66. The third-order valence-corrected chi connectivity index (χ3v) is 4.75. The van der Waals surface area contributed by atoms with Gasteiger partial charge in [-0.05, 0) is 49.5 Å². The van der Waals surface area contributed by atoms with Crippen LogP contribution in [-0.2, 0) is 6.54 Å². The molecule has 1 aromatic carbocycles. The topological polar surface area (TPSA) is 49.5 Å². The van der Waals surface area contributed by atoms with Crippen molar-refractivity contribution >= 4 is 11.6 Å². The van der Waals surface area contributed by atoms with Gasteiger partial charge in [-0.15, -0.1) is 0 Å². The largest absolute Gasteiger partial charge is 0.506 e. The molecule has 0 radical (unpaired) electrons. The van der Waals surface area contributed by atoms with Crippen LogP contribution < -0.4 is 5.73 Å². The average molecular weight is 297 g/mol. The van der Waals surface area contributed by atoms with E-state index in [0.717, 1.165) is 25.2 Å². The van der Waals surface area contributed by atoms with Gasteiger partial charge in [-0.25, -0.2) is 0 Å². The molecule has 3 N–H and O–H groups in total. The molecule has 3 nitrogen and oxygen atoms in total. The predicted octanol–water partition coefficient (Wildman–Crippen LogP) is 3.39. The van der Waals surface area contributed by atoms with Gasteiger partial charge in [0.05, 0.1) is 5.02 Å². The van der Waals surface area contributed by atoms with Gasteiger partial charge in [0.15, 0.2) is 0 Å². The summed E-state index contributed by atoms with van der Waals surface area (Å²) in [7, 11) is 0. The molecular formula is C16H25ClN2O. The van der Waals surface area contributed by atoms with Gasteiger partial charge in [-0.3, -0.25) is 4.90 Å². The number of phenolic OH excluding ortho intramolecular Hbond substituents is 1. The molecule has 0 saturated heterocycles. The summed E-state index contributed by atoms with van der Waals surface area (Å²) in [5, 5.41) is 9.93. The molecule has 2 unspecified atom stereocenters.